The summed E-state index contributed by atoms with van der Waals surface area (Å²) in [5.41, 5.74) is 2.74. The molecule has 20 heavy (non-hydrogen) atoms. The van der Waals surface area contributed by atoms with Crippen molar-refractivity contribution in [2.45, 2.75) is 13.0 Å². The molecule has 0 aliphatic rings. The van der Waals surface area contributed by atoms with Gasteiger partial charge in [-0.25, -0.2) is 0 Å². The van der Waals surface area contributed by atoms with Crippen LogP contribution in [0.2, 0.25) is 0 Å². The maximum absolute atomic E-state index is 11.9. The molecule has 0 radical (unpaired) electrons. The maximum Gasteiger partial charge on any atom is 0.189 e. The fourth-order valence-electron chi connectivity index (χ4n) is 2.34. The lowest BCUT2D eigenvalue weighted by Gasteiger charge is -2.12. The number of fused-ring (bicyclic) bond motifs is 1. The molecule has 3 aromatic rings. The molecule has 1 atom stereocenters. The minimum absolute atomic E-state index is 0.0254. The van der Waals surface area contributed by atoms with E-state index < -0.39 is 6.10 Å². The molecular weight excluding hydrogens is 250 g/mol. The molecule has 3 rings (SSSR count). The fourth-order valence-corrected chi connectivity index (χ4v) is 2.34. The summed E-state index contributed by atoms with van der Waals surface area (Å²) in [6, 6.07) is 16.8. The number of aliphatic hydroxyl groups excluding tert-OH is 1. The predicted molar refractivity (Wildman–Crippen MR) is 80.2 cm³/mol. The van der Waals surface area contributed by atoms with Gasteiger partial charge in [-0.15, -0.1) is 0 Å². The average Bonchev–Trinajstić information content (AvgIpc) is 2.48. The molecule has 0 aliphatic carbocycles. The summed E-state index contributed by atoms with van der Waals surface area (Å²) in [6.45, 7) is 1.74. The summed E-state index contributed by atoms with van der Waals surface area (Å²) in [7, 11) is 0. The second-order valence-electron chi connectivity index (χ2n) is 4.83. The maximum atomic E-state index is 11.9. The van der Waals surface area contributed by atoms with Crippen LogP contribution in [0.4, 0.5) is 0 Å². The van der Waals surface area contributed by atoms with E-state index >= 15 is 0 Å². The predicted octanol–water partition coefficient (Wildman–Crippen LogP) is 3.04. The molecule has 1 aromatic heterocycles. The Bertz CT molecular complexity index is 801. The van der Waals surface area contributed by atoms with Gasteiger partial charge in [0.15, 0.2) is 5.43 Å². The van der Waals surface area contributed by atoms with Crippen LogP contribution in [-0.4, -0.2) is 9.67 Å². The lowest BCUT2D eigenvalue weighted by molar-refractivity contribution is 0.199. The Kier molecular flexibility index (Phi) is 3.12. The Hall–Kier alpha value is -2.39. The van der Waals surface area contributed by atoms with Crippen molar-refractivity contribution in [3.05, 3.63) is 76.6 Å². The molecule has 2 aromatic carbocycles. The van der Waals surface area contributed by atoms with Gasteiger partial charge in [-0.3, -0.25) is 4.79 Å². The van der Waals surface area contributed by atoms with E-state index in [2.05, 4.69) is 0 Å². The average molecular weight is 265 g/mol. The molecule has 0 aliphatic heterocycles. The molecular formula is C17H15NO2. The molecule has 0 amide bonds. The van der Waals surface area contributed by atoms with E-state index in [9.17, 15) is 9.90 Å². The van der Waals surface area contributed by atoms with Gasteiger partial charge in [-0.2, -0.15) is 0 Å². The molecule has 3 heteroatoms. The first-order valence-corrected chi connectivity index (χ1v) is 6.55. The Labute approximate surface area is 116 Å². The van der Waals surface area contributed by atoms with Gasteiger partial charge in [0, 0.05) is 23.3 Å². The number of hydrogen-bond donors (Lipinski definition) is 1. The van der Waals surface area contributed by atoms with Gasteiger partial charge in [0.2, 0.25) is 0 Å². The number of hydrogen-bond acceptors (Lipinski definition) is 2. The van der Waals surface area contributed by atoms with Crippen LogP contribution in [0.1, 0.15) is 18.6 Å². The van der Waals surface area contributed by atoms with Gasteiger partial charge in [0.25, 0.3) is 0 Å². The number of nitrogens with zero attached hydrogens (tertiary/aromatic N) is 1. The number of pyridine rings is 1. The minimum atomic E-state index is -0.477. The molecule has 100 valence electrons. The van der Waals surface area contributed by atoms with Crippen molar-refractivity contribution in [2.24, 2.45) is 0 Å². The Morgan fingerprint density at radius 1 is 1.00 bits per heavy atom. The third kappa shape index (κ3) is 2.12. The van der Waals surface area contributed by atoms with Crippen molar-refractivity contribution in [2.75, 3.05) is 0 Å². The molecule has 1 heterocycles. The Balaban J connectivity index is 2.20. The van der Waals surface area contributed by atoms with E-state index in [1.165, 1.54) is 0 Å². The third-order valence-corrected chi connectivity index (χ3v) is 3.46. The quantitative estimate of drug-likeness (QED) is 0.773. The number of rotatable bonds is 2. The topological polar surface area (TPSA) is 42.2 Å². The molecule has 0 fully saturated rings. The normalized spacial score (nSPS) is 12.5. The number of benzene rings is 2. The zero-order valence-corrected chi connectivity index (χ0v) is 11.2. The SMILES string of the molecule is CC(O)c1ccc(-n2ccc(=O)c3ccccc32)cc1. The Morgan fingerprint density at radius 2 is 1.70 bits per heavy atom. The van der Waals surface area contributed by atoms with E-state index in [-0.39, 0.29) is 5.43 Å². The standard InChI is InChI=1S/C17H15NO2/c1-12(19)13-6-8-14(9-7-13)18-11-10-17(20)15-4-2-3-5-16(15)18/h2-12,19H,1H3. The van der Waals surface area contributed by atoms with E-state index in [0.717, 1.165) is 16.8 Å². The van der Waals surface area contributed by atoms with Crippen molar-refractivity contribution in [1.82, 2.24) is 4.57 Å². The van der Waals surface area contributed by atoms with Gasteiger partial charge in [-0.1, -0.05) is 24.3 Å². The number of aliphatic hydroxyl groups is 1. The van der Waals surface area contributed by atoms with Gasteiger partial charge in [-0.05, 0) is 36.8 Å². The first-order valence-electron chi connectivity index (χ1n) is 6.55. The molecule has 0 saturated heterocycles. The summed E-state index contributed by atoms with van der Waals surface area (Å²) in [4.78, 5) is 11.9. The van der Waals surface area contributed by atoms with E-state index in [0.29, 0.717) is 5.39 Å². The summed E-state index contributed by atoms with van der Waals surface area (Å²) >= 11 is 0. The smallest absolute Gasteiger partial charge is 0.189 e. The van der Waals surface area contributed by atoms with Crippen molar-refractivity contribution in [3.8, 4) is 5.69 Å². The van der Waals surface area contributed by atoms with E-state index in [1.807, 2.05) is 53.1 Å². The zero-order valence-electron chi connectivity index (χ0n) is 11.2. The van der Waals surface area contributed by atoms with Gasteiger partial charge in [0.05, 0.1) is 11.6 Å². The largest absolute Gasteiger partial charge is 0.389 e. The van der Waals surface area contributed by atoms with Crippen molar-refractivity contribution >= 4 is 10.9 Å². The lowest BCUT2D eigenvalue weighted by Crippen LogP contribution is -2.06. The Morgan fingerprint density at radius 3 is 2.40 bits per heavy atom. The second kappa shape index (κ2) is 4.94. The first-order chi connectivity index (χ1) is 9.66. The highest BCUT2D eigenvalue weighted by Gasteiger charge is 2.05. The van der Waals surface area contributed by atoms with Crippen LogP contribution >= 0.6 is 0 Å². The number of para-hydroxylation sites is 1. The molecule has 0 saturated carbocycles. The van der Waals surface area contributed by atoms with Crippen molar-refractivity contribution in [3.63, 3.8) is 0 Å². The van der Waals surface area contributed by atoms with Gasteiger partial charge >= 0.3 is 0 Å². The van der Waals surface area contributed by atoms with Crippen LogP contribution in [-0.2, 0) is 0 Å². The van der Waals surface area contributed by atoms with Gasteiger partial charge in [0.1, 0.15) is 0 Å². The van der Waals surface area contributed by atoms with Crippen LogP contribution in [0.25, 0.3) is 16.6 Å². The second-order valence-corrected chi connectivity index (χ2v) is 4.83. The van der Waals surface area contributed by atoms with Crippen LogP contribution in [0.5, 0.6) is 0 Å². The lowest BCUT2D eigenvalue weighted by atomic mass is 10.1. The highest BCUT2D eigenvalue weighted by Crippen LogP contribution is 2.18. The summed E-state index contributed by atoms with van der Waals surface area (Å²) in [6.07, 6.45) is 1.30. The molecule has 0 bridgehead atoms. The van der Waals surface area contributed by atoms with Crippen molar-refractivity contribution < 1.29 is 5.11 Å². The summed E-state index contributed by atoms with van der Waals surface area (Å²) in [5.74, 6) is 0. The van der Waals surface area contributed by atoms with Crippen molar-refractivity contribution in [1.29, 1.82) is 0 Å². The van der Waals surface area contributed by atoms with Crippen LogP contribution in [0, 0.1) is 0 Å². The monoisotopic (exact) mass is 265 g/mol. The number of aromatic nitrogens is 1. The summed E-state index contributed by atoms with van der Waals surface area (Å²) < 4.78 is 1.97. The van der Waals surface area contributed by atoms with Gasteiger partial charge < -0.3 is 9.67 Å². The molecule has 1 N–H and O–H groups in total. The molecule has 1 unspecified atom stereocenters. The third-order valence-electron chi connectivity index (χ3n) is 3.46. The van der Waals surface area contributed by atoms with E-state index in [4.69, 9.17) is 0 Å². The fraction of sp³-hybridized carbons (Fsp3) is 0.118. The minimum Gasteiger partial charge on any atom is -0.389 e. The zero-order chi connectivity index (χ0) is 14.1. The highest BCUT2D eigenvalue weighted by atomic mass is 16.3. The highest BCUT2D eigenvalue weighted by molar-refractivity contribution is 5.80. The molecule has 3 nitrogen and oxygen atoms in total. The van der Waals surface area contributed by atoms with Crippen LogP contribution in [0.15, 0.2) is 65.6 Å². The first kappa shape index (κ1) is 12.6. The van der Waals surface area contributed by atoms with Crippen LogP contribution in [0.3, 0.4) is 0 Å². The van der Waals surface area contributed by atoms with Crippen LogP contribution < -0.4 is 5.43 Å². The van der Waals surface area contributed by atoms with E-state index in [1.54, 1.807) is 19.2 Å². The summed E-state index contributed by atoms with van der Waals surface area (Å²) in [5, 5.41) is 10.2. The molecule has 0 spiro atoms.